The number of rotatable bonds is 2. The zero-order valence-electron chi connectivity index (χ0n) is 6.85. The second-order valence-electron chi connectivity index (χ2n) is 3.08. The van der Waals surface area contributed by atoms with E-state index in [-0.39, 0.29) is 5.54 Å². The molecule has 0 aliphatic heterocycles. The molecule has 11 heavy (non-hydrogen) atoms. The highest BCUT2D eigenvalue weighted by molar-refractivity contribution is 7.09. The van der Waals surface area contributed by atoms with Crippen LogP contribution in [0.3, 0.4) is 0 Å². The van der Waals surface area contributed by atoms with Gasteiger partial charge in [-0.05, 0) is 26.8 Å². The summed E-state index contributed by atoms with van der Waals surface area (Å²) in [6.07, 6.45) is 2.49. The molecule has 0 amide bonds. The average Bonchev–Trinajstić information content (AvgIpc) is 2.70. The van der Waals surface area contributed by atoms with Crippen molar-refractivity contribution in [3.8, 4) is 0 Å². The number of nitrogens with zero attached hydrogens (tertiary/aromatic N) is 1. The van der Waals surface area contributed by atoms with Gasteiger partial charge in [0, 0.05) is 5.38 Å². The molecule has 2 rings (SSSR count). The minimum absolute atomic E-state index is 0.255. The summed E-state index contributed by atoms with van der Waals surface area (Å²) in [5.74, 6) is 0. The Balaban J connectivity index is 2.29. The Morgan fingerprint density at radius 1 is 1.64 bits per heavy atom. The molecule has 0 radical (unpaired) electrons. The van der Waals surface area contributed by atoms with Crippen LogP contribution in [0.1, 0.15) is 23.5 Å². The lowest BCUT2D eigenvalue weighted by atomic mass is 10.2. The van der Waals surface area contributed by atoms with Crippen LogP contribution in [0.2, 0.25) is 0 Å². The van der Waals surface area contributed by atoms with E-state index in [0.717, 1.165) is 0 Å². The predicted octanol–water partition coefficient (Wildman–Crippen LogP) is 1.66. The van der Waals surface area contributed by atoms with Gasteiger partial charge in [-0.15, -0.1) is 11.3 Å². The number of aryl methyl sites for hydroxylation is 1. The van der Waals surface area contributed by atoms with Gasteiger partial charge < -0.3 is 5.32 Å². The molecule has 1 aromatic heterocycles. The van der Waals surface area contributed by atoms with E-state index in [1.165, 1.54) is 23.5 Å². The fraction of sp³-hybridized carbons (Fsp3) is 0.625. The molecule has 2 nitrogen and oxygen atoms in total. The van der Waals surface area contributed by atoms with E-state index in [0.29, 0.717) is 0 Å². The highest BCUT2D eigenvalue weighted by Crippen LogP contribution is 2.44. The molecule has 0 bridgehead atoms. The first-order chi connectivity index (χ1) is 5.27. The van der Waals surface area contributed by atoms with Gasteiger partial charge in [-0.25, -0.2) is 4.98 Å². The molecule has 0 saturated heterocycles. The third kappa shape index (κ3) is 1.08. The van der Waals surface area contributed by atoms with Crippen molar-refractivity contribution in [2.24, 2.45) is 0 Å². The maximum Gasteiger partial charge on any atom is 0.0898 e. The van der Waals surface area contributed by atoms with Crippen LogP contribution in [0.25, 0.3) is 0 Å². The minimum atomic E-state index is 0.255. The Labute approximate surface area is 70.7 Å². The van der Waals surface area contributed by atoms with Crippen LogP contribution < -0.4 is 5.32 Å². The van der Waals surface area contributed by atoms with Crippen molar-refractivity contribution in [1.29, 1.82) is 0 Å². The van der Waals surface area contributed by atoms with E-state index < -0.39 is 0 Å². The van der Waals surface area contributed by atoms with Crippen molar-refractivity contribution in [3.05, 3.63) is 16.1 Å². The molecule has 0 unspecified atom stereocenters. The quantitative estimate of drug-likeness (QED) is 0.726. The first kappa shape index (κ1) is 7.25. The van der Waals surface area contributed by atoms with E-state index >= 15 is 0 Å². The van der Waals surface area contributed by atoms with Gasteiger partial charge in [0.25, 0.3) is 0 Å². The SMILES string of the molecule is CNC1(c2csc(C)n2)CC1. The third-order valence-electron chi connectivity index (χ3n) is 2.34. The molecule has 1 N–H and O–H groups in total. The lowest BCUT2D eigenvalue weighted by Crippen LogP contribution is -2.24. The molecule has 3 heteroatoms. The second kappa shape index (κ2) is 2.29. The zero-order valence-corrected chi connectivity index (χ0v) is 7.66. The van der Waals surface area contributed by atoms with Crippen molar-refractivity contribution in [2.45, 2.75) is 25.3 Å². The average molecular weight is 168 g/mol. The highest BCUT2D eigenvalue weighted by Gasteiger charge is 2.44. The van der Waals surface area contributed by atoms with Gasteiger partial charge in [0.15, 0.2) is 0 Å². The van der Waals surface area contributed by atoms with Crippen LogP contribution >= 0.6 is 11.3 Å². The van der Waals surface area contributed by atoms with E-state index in [9.17, 15) is 0 Å². The van der Waals surface area contributed by atoms with Gasteiger partial charge in [0.1, 0.15) is 0 Å². The van der Waals surface area contributed by atoms with Crippen LogP contribution in [-0.4, -0.2) is 12.0 Å². The number of aromatic nitrogens is 1. The number of hydrogen-bond donors (Lipinski definition) is 1. The Morgan fingerprint density at radius 3 is 2.73 bits per heavy atom. The molecule has 1 aromatic rings. The molecule has 1 aliphatic rings. The summed E-state index contributed by atoms with van der Waals surface area (Å²) >= 11 is 1.74. The lowest BCUT2D eigenvalue weighted by molar-refractivity contribution is 0.570. The van der Waals surface area contributed by atoms with Crippen molar-refractivity contribution in [1.82, 2.24) is 10.3 Å². The maximum absolute atomic E-state index is 4.47. The molecule has 0 atom stereocenters. The summed E-state index contributed by atoms with van der Waals surface area (Å²) in [6, 6.07) is 0. The van der Waals surface area contributed by atoms with Crippen LogP contribution in [0.4, 0.5) is 0 Å². The third-order valence-corrected chi connectivity index (χ3v) is 3.11. The molecular weight excluding hydrogens is 156 g/mol. The topological polar surface area (TPSA) is 24.9 Å². The zero-order chi connectivity index (χ0) is 7.90. The fourth-order valence-electron chi connectivity index (χ4n) is 1.34. The smallest absolute Gasteiger partial charge is 0.0898 e. The Morgan fingerprint density at radius 2 is 2.36 bits per heavy atom. The lowest BCUT2D eigenvalue weighted by Gasteiger charge is -2.09. The van der Waals surface area contributed by atoms with Crippen LogP contribution in [-0.2, 0) is 5.54 Å². The molecule has 1 saturated carbocycles. The number of thiazole rings is 1. The van der Waals surface area contributed by atoms with E-state index in [1.54, 1.807) is 11.3 Å². The predicted molar refractivity (Wildman–Crippen MR) is 46.8 cm³/mol. The van der Waals surface area contributed by atoms with E-state index in [1.807, 2.05) is 7.05 Å². The number of hydrogen-bond acceptors (Lipinski definition) is 3. The van der Waals surface area contributed by atoms with Gasteiger partial charge in [-0.2, -0.15) is 0 Å². The molecule has 1 heterocycles. The summed E-state index contributed by atoms with van der Waals surface area (Å²) in [6.45, 7) is 2.06. The Hall–Kier alpha value is -0.410. The first-order valence-corrected chi connectivity index (χ1v) is 4.76. The molecule has 0 aromatic carbocycles. The summed E-state index contributed by atoms with van der Waals surface area (Å²) in [4.78, 5) is 4.47. The van der Waals surface area contributed by atoms with Crippen molar-refractivity contribution in [2.75, 3.05) is 7.05 Å². The first-order valence-electron chi connectivity index (χ1n) is 3.88. The molecule has 1 aliphatic carbocycles. The Bertz CT molecular complexity index is 263. The molecular formula is C8H12N2S. The summed E-state index contributed by atoms with van der Waals surface area (Å²) in [5.41, 5.74) is 1.49. The van der Waals surface area contributed by atoms with E-state index in [2.05, 4.69) is 22.6 Å². The van der Waals surface area contributed by atoms with E-state index in [4.69, 9.17) is 0 Å². The molecule has 0 spiro atoms. The monoisotopic (exact) mass is 168 g/mol. The largest absolute Gasteiger partial charge is 0.309 e. The van der Waals surface area contributed by atoms with Gasteiger partial charge in [0.2, 0.25) is 0 Å². The molecule has 60 valence electrons. The van der Waals surface area contributed by atoms with Gasteiger partial charge >= 0.3 is 0 Å². The normalized spacial score (nSPS) is 20.2. The van der Waals surface area contributed by atoms with Gasteiger partial charge in [-0.1, -0.05) is 0 Å². The second-order valence-corrected chi connectivity index (χ2v) is 4.15. The summed E-state index contributed by atoms with van der Waals surface area (Å²) in [7, 11) is 2.02. The van der Waals surface area contributed by atoms with Gasteiger partial charge in [0.05, 0.1) is 16.2 Å². The Kier molecular flexibility index (Phi) is 1.51. The minimum Gasteiger partial charge on any atom is -0.309 e. The van der Waals surface area contributed by atoms with Crippen molar-refractivity contribution < 1.29 is 0 Å². The van der Waals surface area contributed by atoms with Crippen molar-refractivity contribution >= 4 is 11.3 Å². The van der Waals surface area contributed by atoms with Crippen LogP contribution in [0.5, 0.6) is 0 Å². The molecule has 1 fully saturated rings. The summed E-state index contributed by atoms with van der Waals surface area (Å²) in [5, 5.41) is 6.66. The highest BCUT2D eigenvalue weighted by atomic mass is 32.1. The number of nitrogens with one attached hydrogen (secondary N) is 1. The standard InChI is InChI=1S/C8H12N2S/c1-6-10-7(5-11-6)8(9-2)3-4-8/h5,9H,3-4H2,1-2H3. The van der Waals surface area contributed by atoms with Crippen molar-refractivity contribution in [3.63, 3.8) is 0 Å². The van der Waals surface area contributed by atoms with Crippen LogP contribution in [0.15, 0.2) is 5.38 Å². The summed E-state index contributed by atoms with van der Waals surface area (Å²) < 4.78 is 0. The fourth-order valence-corrected chi connectivity index (χ4v) is 2.05. The van der Waals surface area contributed by atoms with Gasteiger partial charge in [-0.3, -0.25) is 0 Å². The maximum atomic E-state index is 4.47. The van der Waals surface area contributed by atoms with Crippen LogP contribution in [0, 0.1) is 6.92 Å².